The summed E-state index contributed by atoms with van der Waals surface area (Å²) in [5.74, 6) is 1.04. The van der Waals surface area contributed by atoms with Gasteiger partial charge in [-0.1, -0.05) is 26.8 Å². The zero-order valence-electron chi connectivity index (χ0n) is 9.79. The van der Waals surface area contributed by atoms with E-state index in [-0.39, 0.29) is 7.92 Å². The summed E-state index contributed by atoms with van der Waals surface area (Å²) in [7, 11) is 1.59. The molecule has 1 atom stereocenters. The Kier molecular flexibility index (Phi) is 2.64. The highest BCUT2D eigenvalue weighted by Gasteiger charge is 2.34. The smallest absolute Gasteiger partial charge is 0.128 e. The van der Waals surface area contributed by atoms with Crippen LogP contribution in [-0.4, -0.2) is 18.6 Å². The van der Waals surface area contributed by atoms with Crippen LogP contribution in [-0.2, 0) is 0 Å². The second-order valence-corrected chi connectivity index (χ2v) is 7.75. The van der Waals surface area contributed by atoms with Crippen LogP contribution in [0.1, 0.15) is 20.8 Å². The third kappa shape index (κ3) is 1.83. The number of methoxy groups -OCH3 is 1. The number of hydrogen-bond acceptors (Lipinski definition) is 2. The monoisotopic (exact) mass is 223 g/mol. The van der Waals surface area contributed by atoms with Gasteiger partial charge in [-0.25, -0.2) is 0 Å². The van der Waals surface area contributed by atoms with E-state index in [4.69, 9.17) is 4.74 Å². The molecular formula is C12H18NOP. The number of ether oxygens (including phenoxy) is 1. The van der Waals surface area contributed by atoms with Crippen LogP contribution < -0.4 is 15.4 Å². The Morgan fingerprint density at radius 1 is 1.33 bits per heavy atom. The summed E-state index contributed by atoms with van der Waals surface area (Å²) in [6.07, 6.45) is 1.08. The van der Waals surface area contributed by atoms with Crippen LogP contribution in [0.5, 0.6) is 5.75 Å². The van der Waals surface area contributed by atoms with Crippen molar-refractivity contribution in [1.29, 1.82) is 0 Å². The van der Waals surface area contributed by atoms with E-state index in [2.05, 4.69) is 38.2 Å². The predicted molar refractivity (Wildman–Crippen MR) is 67.8 cm³/mol. The van der Waals surface area contributed by atoms with Crippen molar-refractivity contribution in [3.05, 3.63) is 18.2 Å². The predicted octanol–water partition coefficient (Wildman–Crippen LogP) is 2.98. The zero-order chi connectivity index (χ0) is 11.1. The minimum absolute atomic E-state index is 0.165. The Labute approximate surface area is 92.8 Å². The largest absolute Gasteiger partial charge is 0.496 e. The normalized spacial score (nSPS) is 19.6. The minimum Gasteiger partial charge on any atom is -0.496 e. The molecule has 15 heavy (non-hydrogen) atoms. The Morgan fingerprint density at radius 2 is 2.07 bits per heavy atom. The lowest BCUT2D eigenvalue weighted by Gasteiger charge is -2.28. The van der Waals surface area contributed by atoms with E-state index in [1.165, 1.54) is 11.0 Å². The van der Waals surface area contributed by atoms with Crippen molar-refractivity contribution in [2.24, 2.45) is 0 Å². The average Bonchev–Trinajstić information content (AvgIpc) is 2.59. The molecule has 0 amide bonds. The lowest BCUT2D eigenvalue weighted by molar-refractivity contribution is 0.418. The molecule has 0 saturated heterocycles. The Balaban J connectivity index is 2.48. The van der Waals surface area contributed by atoms with Gasteiger partial charge in [0.25, 0.3) is 0 Å². The SMILES string of the molecule is COc1cccc2c1P(C(C)(C)C)CN2. The molecule has 0 aliphatic carbocycles. The van der Waals surface area contributed by atoms with E-state index in [1.807, 2.05) is 6.07 Å². The summed E-state index contributed by atoms with van der Waals surface area (Å²) in [5.41, 5.74) is 1.26. The van der Waals surface area contributed by atoms with Gasteiger partial charge in [-0.3, -0.25) is 0 Å². The molecule has 0 bridgehead atoms. The van der Waals surface area contributed by atoms with Gasteiger partial charge in [-0.15, -0.1) is 0 Å². The molecule has 0 aromatic heterocycles. The van der Waals surface area contributed by atoms with Crippen LogP contribution in [0.25, 0.3) is 0 Å². The molecule has 1 aromatic rings. The molecule has 3 heteroatoms. The van der Waals surface area contributed by atoms with E-state index in [0.29, 0.717) is 5.16 Å². The molecule has 0 fully saturated rings. The summed E-state index contributed by atoms with van der Waals surface area (Å²) in [5, 5.41) is 5.22. The third-order valence-electron chi connectivity index (χ3n) is 2.73. The standard InChI is InChI=1S/C12H18NOP/c1-12(2,3)15-8-13-9-6-5-7-10(14-4)11(9)15/h5-7,13H,8H2,1-4H3. The lowest BCUT2D eigenvalue weighted by atomic mass is 10.2. The van der Waals surface area contributed by atoms with Crippen molar-refractivity contribution in [3.8, 4) is 5.75 Å². The zero-order valence-corrected chi connectivity index (χ0v) is 10.7. The van der Waals surface area contributed by atoms with Gasteiger partial charge in [0, 0.05) is 17.3 Å². The van der Waals surface area contributed by atoms with Crippen LogP contribution in [0.15, 0.2) is 18.2 Å². The first kappa shape index (κ1) is 10.8. The quantitative estimate of drug-likeness (QED) is 0.739. The van der Waals surface area contributed by atoms with E-state index in [9.17, 15) is 0 Å². The van der Waals surface area contributed by atoms with Crippen LogP contribution >= 0.6 is 7.92 Å². The summed E-state index contributed by atoms with van der Waals surface area (Å²) < 4.78 is 5.46. The maximum absolute atomic E-state index is 5.46. The Hall–Kier alpha value is -0.750. The molecule has 1 unspecified atom stereocenters. The van der Waals surface area contributed by atoms with Crippen molar-refractivity contribution in [2.75, 3.05) is 18.7 Å². The second kappa shape index (κ2) is 3.68. The molecule has 0 spiro atoms. The first-order valence-electron chi connectivity index (χ1n) is 5.22. The van der Waals surface area contributed by atoms with Gasteiger partial charge < -0.3 is 10.1 Å². The first-order chi connectivity index (χ1) is 7.04. The Bertz CT molecular complexity index is 370. The summed E-state index contributed by atoms with van der Waals surface area (Å²) in [6.45, 7) is 6.92. The molecule has 2 nitrogen and oxygen atoms in total. The Morgan fingerprint density at radius 3 is 2.67 bits per heavy atom. The van der Waals surface area contributed by atoms with Crippen LogP contribution in [0.3, 0.4) is 0 Å². The van der Waals surface area contributed by atoms with Crippen molar-refractivity contribution < 1.29 is 4.74 Å². The van der Waals surface area contributed by atoms with Gasteiger partial charge in [-0.2, -0.15) is 0 Å². The second-order valence-electron chi connectivity index (χ2n) is 4.79. The van der Waals surface area contributed by atoms with Crippen molar-refractivity contribution >= 4 is 18.9 Å². The number of benzene rings is 1. The maximum Gasteiger partial charge on any atom is 0.128 e. The molecule has 1 aliphatic heterocycles. The maximum atomic E-state index is 5.46. The first-order valence-corrected chi connectivity index (χ1v) is 6.75. The highest BCUT2D eigenvalue weighted by Crippen LogP contribution is 2.54. The topological polar surface area (TPSA) is 21.3 Å². The number of anilines is 1. The fraction of sp³-hybridized carbons (Fsp3) is 0.500. The van der Waals surface area contributed by atoms with Crippen molar-refractivity contribution in [2.45, 2.75) is 25.9 Å². The summed E-state index contributed by atoms with van der Waals surface area (Å²) in [4.78, 5) is 0. The summed E-state index contributed by atoms with van der Waals surface area (Å²) >= 11 is 0. The number of hydrogen-bond donors (Lipinski definition) is 1. The van der Waals surface area contributed by atoms with E-state index >= 15 is 0 Å². The van der Waals surface area contributed by atoms with E-state index in [0.717, 1.165) is 12.0 Å². The van der Waals surface area contributed by atoms with Crippen molar-refractivity contribution in [1.82, 2.24) is 0 Å². The van der Waals surface area contributed by atoms with Crippen LogP contribution in [0, 0.1) is 0 Å². The number of fused-ring (bicyclic) bond motifs is 1. The lowest BCUT2D eigenvalue weighted by Crippen LogP contribution is -2.19. The third-order valence-corrected chi connectivity index (χ3v) is 5.82. The molecule has 82 valence electrons. The fourth-order valence-electron chi connectivity index (χ4n) is 1.92. The van der Waals surface area contributed by atoms with Crippen molar-refractivity contribution in [3.63, 3.8) is 0 Å². The van der Waals surface area contributed by atoms with E-state index < -0.39 is 0 Å². The van der Waals surface area contributed by atoms with Gasteiger partial charge in [0.2, 0.25) is 0 Å². The highest BCUT2D eigenvalue weighted by molar-refractivity contribution is 7.68. The van der Waals surface area contributed by atoms with Gasteiger partial charge in [-0.05, 0) is 25.2 Å². The molecular weight excluding hydrogens is 205 g/mol. The van der Waals surface area contributed by atoms with Gasteiger partial charge in [0.15, 0.2) is 0 Å². The van der Waals surface area contributed by atoms with E-state index in [1.54, 1.807) is 7.11 Å². The fourth-order valence-corrected chi connectivity index (χ4v) is 4.43. The molecule has 2 rings (SSSR count). The van der Waals surface area contributed by atoms with Crippen LogP contribution in [0.2, 0.25) is 0 Å². The molecule has 0 saturated carbocycles. The molecule has 1 aliphatic rings. The van der Waals surface area contributed by atoms with Gasteiger partial charge in [0.1, 0.15) is 5.75 Å². The van der Waals surface area contributed by atoms with Gasteiger partial charge in [0.05, 0.1) is 7.11 Å². The molecule has 1 aromatic carbocycles. The molecule has 0 radical (unpaired) electrons. The van der Waals surface area contributed by atoms with Gasteiger partial charge >= 0.3 is 0 Å². The van der Waals surface area contributed by atoms with Crippen LogP contribution in [0.4, 0.5) is 5.69 Å². The molecule has 1 heterocycles. The minimum atomic E-state index is -0.165. The number of rotatable bonds is 1. The number of nitrogens with one attached hydrogen (secondary N) is 1. The highest BCUT2D eigenvalue weighted by atomic mass is 31.1. The summed E-state index contributed by atoms with van der Waals surface area (Å²) in [6, 6.07) is 6.25. The molecule has 1 N–H and O–H groups in total. The average molecular weight is 223 g/mol.